The lowest BCUT2D eigenvalue weighted by atomic mass is 9.94. The number of halogens is 1. The fourth-order valence-corrected chi connectivity index (χ4v) is 3.66. The van der Waals surface area contributed by atoms with Crippen LogP contribution in [0.2, 0.25) is 0 Å². The second-order valence-corrected chi connectivity index (χ2v) is 6.58. The Morgan fingerprint density at radius 2 is 1.75 bits per heavy atom. The van der Waals surface area contributed by atoms with Crippen LogP contribution < -0.4 is 10.1 Å². The SMILES string of the molecule is COc1c(F)cccc1-c1ccc(NC(=O)c2ccccc2)c2c1CCC2=O. The Bertz CT molecular complexity index is 1080. The molecule has 1 aliphatic carbocycles. The number of anilines is 1. The molecule has 140 valence electrons. The fourth-order valence-electron chi connectivity index (χ4n) is 3.66. The topological polar surface area (TPSA) is 55.4 Å². The van der Waals surface area contributed by atoms with E-state index >= 15 is 0 Å². The Kier molecular flexibility index (Phi) is 4.65. The van der Waals surface area contributed by atoms with Crippen LogP contribution >= 0.6 is 0 Å². The highest BCUT2D eigenvalue weighted by Crippen LogP contribution is 2.41. The van der Waals surface area contributed by atoms with Gasteiger partial charge in [0.05, 0.1) is 12.8 Å². The zero-order chi connectivity index (χ0) is 19.7. The number of ketones is 1. The summed E-state index contributed by atoms with van der Waals surface area (Å²) in [5, 5.41) is 2.84. The third-order valence-electron chi connectivity index (χ3n) is 4.94. The maximum absolute atomic E-state index is 14.2. The van der Waals surface area contributed by atoms with Crippen LogP contribution in [-0.4, -0.2) is 18.8 Å². The van der Waals surface area contributed by atoms with Gasteiger partial charge in [-0.2, -0.15) is 0 Å². The van der Waals surface area contributed by atoms with Crippen LogP contribution in [0.25, 0.3) is 11.1 Å². The molecule has 0 bridgehead atoms. The lowest BCUT2D eigenvalue weighted by Gasteiger charge is -2.16. The van der Waals surface area contributed by atoms with Gasteiger partial charge in [-0.1, -0.05) is 36.4 Å². The van der Waals surface area contributed by atoms with Gasteiger partial charge in [0.15, 0.2) is 17.3 Å². The van der Waals surface area contributed by atoms with Crippen molar-refractivity contribution in [2.75, 3.05) is 12.4 Å². The molecule has 0 saturated carbocycles. The monoisotopic (exact) mass is 375 g/mol. The molecule has 3 aromatic rings. The van der Waals surface area contributed by atoms with Gasteiger partial charge in [0.25, 0.3) is 5.91 Å². The quantitative estimate of drug-likeness (QED) is 0.707. The lowest BCUT2D eigenvalue weighted by Crippen LogP contribution is -2.14. The number of carbonyl (C=O) groups excluding carboxylic acids is 2. The molecule has 1 aliphatic rings. The molecular weight excluding hydrogens is 357 g/mol. The normalized spacial score (nSPS) is 12.6. The van der Waals surface area contributed by atoms with Gasteiger partial charge in [-0.15, -0.1) is 0 Å². The molecule has 4 nitrogen and oxygen atoms in total. The van der Waals surface area contributed by atoms with E-state index in [0.717, 1.165) is 11.1 Å². The minimum Gasteiger partial charge on any atom is -0.493 e. The summed E-state index contributed by atoms with van der Waals surface area (Å²) < 4.78 is 19.4. The molecule has 0 unspecified atom stereocenters. The molecule has 3 aromatic carbocycles. The van der Waals surface area contributed by atoms with Crippen molar-refractivity contribution in [2.24, 2.45) is 0 Å². The molecule has 0 aromatic heterocycles. The smallest absolute Gasteiger partial charge is 0.255 e. The molecule has 0 atom stereocenters. The predicted octanol–water partition coefficient (Wildman–Crippen LogP) is 4.88. The fraction of sp³-hybridized carbons (Fsp3) is 0.130. The number of benzene rings is 3. The van der Waals surface area contributed by atoms with Crippen LogP contribution in [0.5, 0.6) is 5.75 Å². The summed E-state index contributed by atoms with van der Waals surface area (Å²) in [4.78, 5) is 25.1. The third-order valence-corrected chi connectivity index (χ3v) is 4.94. The average molecular weight is 375 g/mol. The van der Waals surface area contributed by atoms with Gasteiger partial charge >= 0.3 is 0 Å². The van der Waals surface area contributed by atoms with E-state index < -0.39 is 5.82 Å². The number of para-hydroxylation sites is 1. The molecule has 1 amide bonds. The maximum Gasteiger partial charge on any atom is 0.255 e. The highest BCUT2D eigenvalue weighted by molar-refractivity contribution is 6.12. The van der Waals surface area contributed by atoms with Gasteiger partial charge < -0.3 is 10.1 Å². The molecule has 4 rings (SSSR count). The van der Waals surface area contributed by atoms with Crippen LogP contribution in [-0.2, 0) is 6.42 Å². The Hall–Kier alpha value is -3.47. The van der Waals surface area contributed by atoms with Gasteiger partial charge in [0.1, 0.15) is 0 Å². The van der Waals surface area contributed by atoms with E-state index in [-0.39, 0.29) is 17.4 Å². The Morgan fingerprint density at radius 1 is 0.964 bits per heavy atom. The summed E-state index contributed by atoms with van der Waals surface area (Å²) in [6.07, 6.45) is 0.899. The van der Waals surface area contributed by atoms with Crippen molar-refractivity contribution in [1.82, 2.24) is 0 Å². The Labute approximate surface area is 162 Å². The van der Waals surface area contributed by atoms with Crippen molar-refractivity contribution in [3.63, 3.8) is 0 Å². The molecule has 0 fully saturated rings. The van der Waals surface area contributed by atoms with E-state index in [1.807, 2.05) is 6.07 Å². The molecule has 0 heterocycles. The second kappa shape index (κ2) is 7.27. The molecule has 0 spiro atoms. The average Bonchev–Trinajstić information content (AvgIpc) is 3.11. The van der Waals surface area contributed by atoms with Crippen molar-refractivity contribution in [3.8, 4) is 16.9 Å². The molecular formula is C23H18FNO3. The number of fused-ring (bicyclic) bond motifs is 1. The summed E-state index contributed by atoms with van der Waals surface area (Å²) in [5.74, 6) is -0.626. The van der Waals surface area contributed by atoms with E-state index in [2.05, 4.69) is 5.32 Å². The number of hydrogen-bond donors (Lipinski definition) is 1. The van der Waals surface area contributed by atoms with Crippen LogP contribution in [0.4, 0.5) is 10.1 Å². The first-order valence-electron chi connectivity index (χ1n) is 8.98. The van der Waals surface area contributed by atoms with Gasteiger partial charge in [0, 0.05) is 23.1 Å². The van der Waals surface area contributed by atoms with Crippen LogP contribution in [0, 0.1) is 5.82 Å². The van der Waals surface area contributed by atoms with Crippen molar-refractivity contribution in [2.45, 2.75) is 12.8 Å². The van der Waals surface area contributed by atoms with Gasteiger partial charge in [0.2, 0.25) is 0 Å². The lowest BCUT2D eigenvalue weighted by molar-refractivity contribution is 0.0995. The minimum absolute atomic E-state index is 0.0319. The Balaban J connectivity index is 1.79. The molecule has 0 saturated heterocycles. The summed E-state index contributed by atoms with van der Waals surface area (Å²) in [6.45, 7) is 0. The van der Waals surface area contributed by atoms with Crippen molar-refractivity contribution >= 4 is 17.4 Å². The van der Waals surface area contributed by atoms with Crippen molar-refractivity contribution in [3.05, 3.63) is 83.2 Å². The van der Waals surface area contributed by atoms with Crippen LogP contribution in [0.3, 0.4) is 0 Å². The molecule has 0 aliphatic heterocycles. The van der Waals surface area contributed by atoms with E-state index in [0.29, 0.717) is 35.2 Å². The summed E-state index contributed by atoms with van der Waals surface area (Å²) >= 11 is 0. The van der Waals surface area contributed by atoms with E-state index in [9.17, 15) is 14.0 Å². The zero-order valence-electron chi connectivity index (χ0n) is 15.3. The first kappa shape index (κ1) is 17.9. The maximum atomic E-state index is 14.2. The van der Waals surface area contributed by atoms with Gasteiger partial charge in [-0.3, -0.25) is 9.59 Å². The van der Waals surface area contributed by atoms with E-state index in [4.69, 9.17) is 4.74 Å². The number of rotatable bonds is 4. The number of nitrogens with one attached hydrogen (secondary N) is 1. The number of hydrogen-bond acceptors (Lipinski definition) is 3. The van der Waals surface area contributed by atoms with E-state index in [1.54, 1.807) is 48.5 Å². The molecule has 1 N–H and O–H groups in total. The van der Waals surface area contributed by atoms with Crippen molar-refractivity contribution < 1.29 is 18.7 Å². The highest BCUT2D eigenvalue weighted by atomic mass is 19.1. The second-order valence-electron chi connectivity index (χ2n) is 6.58. The number of methoxy groups -OCH3 is 1. The first-order chi connectivity index (χ1) is 13.6. The van der Waals surface area contributed by atoms with E-state index in [1.165, 1.54) is 13.2 Å². The summed E-state index contributed by atoms with van der Waals surface area (Å²) in [6, 6.07) is 17.0. The molecule has 28 heavy (non-hydrogen) atoms. The zero-order valence-corrected chi connectivity index (χ0v) is 15.3. The largest absolute Gasteiger partial charge is 0.493 e. The summed E-state index contributed by atoms with van der Waals surface area (Å²) in [7, 11) is 1.42. The number of carbonyl (C=O) groups is 2. The summed E-state index contributed by atoms with van der Waals surface area (Å²) in [5.41, 5.74) is 3.63. The van der Waals surface area contributed by atoms with Crippen LogP contribution in [0.1, 0.15) is 32.7 Å². The molecule has 5 heteroatoms. The Morgan fingerprint density at radius 3 is 2.50 bits per heavy atom. The number of amides is 1. The van der Waals surface area contributed by atoms with Gasteiger partial charge in [-0.05, 0) is 41.8 Å². The highest BCUT2D eigenvalue weighted by Gasteiger charge is 2.28. The molecule has 0 radical (unpaired) electrons. The third kappa shape index (κ3) is 3.05. The number of ether oxygens (including phenoxy) is 1. The van der Waals surface area contributed by atoms with Gasteiger partial charge in [-0.25, -0.2) is 4.39 Å². The first-order valence-corrected chi connectivity index (χ1v) is 8.98. The minimum atomic E-state index is -0.459. The predicted molar refractivity (Wildman–Crippen MR) is 105 cm³/mol. The standard InChI is InChI=1S/C23H18FNO3/c1-28-22-17(8-5-9-18(22)24)15-10-12-19(21-16(15)11-13-20(21)26)25-23(27)14-6-3-2-4-7-14/h2-10,12H,11,13H2,1H3,(H,25,27). The van der Waals surface area contributed by atoms with Crippen LogP contribution in [0.15, 0.2) is 60.7 Å². The number of Topliss-reactive ketones (excluding diaryl/α,β-unsaturated/α-hetero) is 1. The van der Waals surface area contributed by atoms with Crippen molar-refractivity contribution in [1.29, 1.82) is 0 Å².